The van der Waals surface area contributed by atoms with Gasteiger partial charge in [-0.25, -0.2) is 0 Å². The third-order valence-corrected chi connectivity index (χ3v) is 25.6. The zero-order valence-corrected chi connectivity index (χ0v) is 34.7. The molecule has 0 unspecified atom stereocenters. The maximum atomic E-state index is 13.1. The van der Waals surface area contributed by atoms with Gasteiger partial charge < -0.3 is 5.11 Å². The molecule has 0 radical (unpaired) electrons. The van der Waals surface area contributed by atoms with Crippen LogP contribution in [0.3, 0.4) is 0 Å². The Morgan fingerprint density at radius 2 is 0.403 bits per heavy atom. The number of aliphatic hydroxyl groups is 1. The van der Waals surface area contributed by atoms with E-state index in [1.807, 2.05) is 0 Å². The van der Waals surface area contributed by atoms with Crippen molar-refractivity contribution in [3.8, 4) is 0 Å². The lowest BCUT2D eigenvalue weighted by Crippen LogP contribution is -2.60. The van der Waals surface area contributed by atoms with Crippen LogP contribution >= 0.6 is 0 Å². The van der Waals surface area contributed by atoms with Gasteiger partial charge in [0, 0.05) is 11.3 Å². The fraction of sp³-hybridized carbons (Fsp3) is 0.0909. The van der Waals surface area contributed by atoms with Gasteiger partial charge in [-0.15, -0.1) is 0 Å². The zero-order valence-electron chi connectivity index (χ0n) is 34.7. The highest BCUT2D eigenvalue weighted by Crippen LogP contribution is 2.86. The molecule has 2 atom stereocenters. The van der Waals surface area contributed by atoms with E-state index in [1.165, 1.54) is 5.57 Å². The zero-order chi connectivity index (χ0) is 39.9. The molecule has 0 heterocycles. The summed E-state index contributed by atoms with van der Waals surface area (Å²) in [4.78, 5) is 0. The fourth-order valence-electron chi connectivity index (χ4n) is 25.6. The highest BCUT2D eigenvalue weighted by Gasteiger charge is 2.73. The summed E-state index contributed by atoms with van der Waals surface area (Å²) in [5, 5.41) is 101. The Morgan fingerprint density at radius 3 is 0.582 bits per heavy atom. The molecule has 0 amide bonds. The Labute approximate surface area is 364 Å². The molecule has 33 rings (SSSR count). The van der Waals surface area contributed by atoms with Crippen LogP contribution in [0, 0.1) is 5.92 Å². The van der Waals surface area contributed by atoms with Crippen molar-refractivity contribution in [1.29, 1.82) is 0 Å². The van der Waals surface area contributed by atoms with E-state index in [9.17, 15) is 5.11 Å². The molecule has 0 saturated heterocycles. The summed E-state index contributed by atoms with van der Waals surface area (Å²) in [5.74, 6) is -0.00745. The van der Waals surface area contributed by atoms with Crippen molar-refractivity contribution in [3.05, 3.63) is 33.9 Å². The maximum absolute atomic E-state index is 13.1. The summed E-state index contributed by atoms with van der Waals surface area (Å²) < 4.78 is 0. The second kappa shape index (κ2) is 5.37. The molecule has 0 aliphatic heterocycles. The quantitative estimate of drug-likeness (QED) is 0.119. The van der Waals surface area contributed by atoms with Crippen molar-refractivity contribution in [3.63, 3.8) is 0 Å². The molecule has 0 bridgehead atoms. The van der Waals surface area contributed by atoms with Crippen LogP contribution in [0.15, 0.2) is 11.6 Å². The molecule has 2 spiro atoms. The number of aliphatic hydroxyl groups excluding tert-OH is 1. The molecule has 5 aliphatic carbocycles. The van der Waals surface area contributed by atoms with Crippen LogP contribution in [-0.4, -0.2) is 11.2 Å². The normalized spacial score (nSPS) is 25.4. The molecule has 280 valence electrons. The average Bonchev–Trinajstić information content (AvgIpc) is 4.17. The van der Waals surface area contributed by atoms with Crippen molar-refractivity contribution in [2.24, 2.45) is 5.92 Å². The molecule has 1 nitrogen and oxygen atoms in total. The summed E-state index contributed by atoms with van der Waals surface area (Å²) in [6, 6.07) is 0. The molecular formula is C66H10O. The smallest absolute Gasteiger partial charge is 0.0761 e. The van der Waals surface area contributed by atoms with E-state index < -0.39 is 16.9 Å². The van der Waals surface area contributed by atoms with Gasteiger partial charge in [-0.05, 0) is 320 Å². The minimum Gasteiger partial charge on any atom is -0.389 e. The van der Waals surface area contributed by atoms with Crippen LogP contribution in [0.2, 0.25) is 0 Å². The van der Waals surface area contributed by atoms with Crippen LogP contribution in [0.5, 0.6) is 0 Å². The van der Waals surface area contributed by atoms with Gasteiger partial charge in [0.15, 0.2) is 0 Å². The lowest BCUT2D eigenvalue weighted by Gasteiger charge is -2.60. The lowest BCUT2D eigenvalue weighted by atomic mass is 9.40. The van der Waals surface area contributed by atoms with Crippen molar-refractivity contribution in [2.75, 3.05) is 0 Å². The Kier molecular flexibility index (Phi) is 1.97. The minimum atomic E-state index is -0.533. The second-order valence-corrected chi connectivity index (χ2v) is 25.4. The van der Waals surface area contributed by atoms with Gasteiger partial charge >= 0.3 is 0 Å². The van der Waals surface area contributed by atoms with Crippen molar-refractivity contribution < 1.29 is 5.11 Å². The van der Waals surface area contributed by atoms with Crippen molar-refractivity contribution in [1.82, 2.24) is 0 Å². The van der Waals surface area contributed by atoms with E-state index in [1.54, 1.807) is 313 Å². The topological polar surface area (TPSA) is 20.2 Å². The third kappa shape index (κ3) is 1.24. The number of allylic oxidation sites excluding steroid dienone is 1. The van der Waals surface area contributed by atoms with Gasteiger partial charge in [0.05, 0.1) is 11.5 Å². The molecule has 67 heavy (non-hydrogen) atoms. The molecule has 28 aromatic rings. The van der Waals surface area contributed by atoms with E-state index in [0.29, 0.717) is 0 Å². The highest BCUT2D eigenvalue weighted by atomic mass is 16.3. The Hall–Kier alpha value is -7.84. The fourth-order valence-corrected chi connectivity index (χ4v) is 25.6. The Balaban J connectivity index is 1.27. The number of rotatable bonds is 0. The third-order valence-electron chi connectivity index (χ3n) is 25.6. The summed E-state index contributed by atoms with van der Waals surface area (Å²) in [5.41, 5.74) is 7.24. The maximum Gasteiger partial charge on any atom is 0.0761 e. The molecule has 1 heteroatoms. The van der Waals surface area contributed by atoms with Gasteiger partial charge in [0.1, 0.15) is 0 Å². The standard InChI is InChI=1S/C66H10O/c1-4-3-6(67)5(2)66-63-57-51-41-33-23-15-11-8-7-9-13(15)21-29(23)43(51)49-39-31(21)25-17(9)18-10(7)14-16-12(8)20-19(11)27(33)37-38-28(20)34-24(16)30-22(14)32-26(18)36-35(25)45(39)53-54-46(36)40(32)50-44(30)52-42(34)48(38)60(59(63)47(37)41)64(66)58(52)56(50)62(54)65(4,66)61(53)55(49)57/h3,5-6,67H,1-2H3/t5-,6+,65?,66?/m1/s1. The van der Waals surface area contributed by atoms with E-state index in [4.69, 9.17) is 0 Å². The van der Waals surface area contributed by atoms with Gasteiger partial charge in [0.25, 0.3) is 0 Å². The van der Waals surface area contributed by atoms with Crippen molar-refractivity contribution in [2.45, 2.75) is 30.8 Å². The SMILES string of the molecule is CC1=C[C@H](O)[C@@H](C)C23c4c5c6c7c8c9c(c%10c%11c2c2c4c4c%12c5c5c6c6c8c8c%13c9c9c%10c%10c%11c%11c2c2c4c4c%12c%12c5c5c6c8c6c8c%13c9c9c%10c%10c%11c2c2c4c4c%12c5c6c5c8c9c%10c2c45)C173. The summed E-state index contributed by atoms with van der Waals surface area (Å²) in [7, 11) is 0. The molecule has 28 aromatic carbocycles. The van der Waals surface area contributed by atoms with Gasteiger partial charge in [-0.3, -0.25) is 0 Å². The van der Waals surface area contributed by atoms with Gasteiger partial charge in [0.2, 0.25) is 0 Å². The van der Waals surface area contributed by atoms with Crippen LogP contribution in [0.25, 0.3) is 291 Å². The molecular weight excluding hydrogens is 809 g/mol. The minimum absolute atomic E-state index is 0.00745. The number of benzene rings is 18. The van der Waals surface area contributed by atoms with E-state index in [2.05, 4.69) is 19.9 Å². The second-order valence-electron chi connectivity index (χ2n) is 25.4. The van der Waals surface area contributed by atoms with Crippen LogP contribution in [0.1, 0.15) is 36.1 Å². The summed E-state index contributed by atoms with van der Waals surface area (Å²) >= 11 is 0. The first kappa shape index (κ1) is 24.6. The first-order valence-electron chi connectivity index (χ1n) is 25.3. The van der Waals surface area contributed by atoms with Gasteiger partial charge in [-0.2, -0.15) is 0 Å². The number of hydrogen-bond acceptors (Lipinski definition) is 1. The number of hydrogen-bond donors (Lipinski definition) is 1. The predicted octanol–water partition coefficient (Wildman–Crippen LogP) is 17.3. The summed E-state index contributed by atoms with van der Waals surface area (Å²) in [6.07, 6.45) is 1.87. The van der Waals surface area contributed by atoms with Crippen LogP contribution in [0.4, 0.5) is 0 Å². The van der Waals surface area contributed by atoms with Crippen LogP contribution < -0.4 is 0 Å². The van der Waals surface area contributed by atoms with Crippen LogP contribution in [-0.2, 0) is 10.8 Å². The lowest BCUT2D eigenvalue weighted by molar-refractivity contribution is 0.0824. The molecule has 0 fully saturated rings. The van der Waals surface area contributed by atoms with Crippen molar-refractivity contribution >= 4 is 291 Å². The molecule has 5 aliphatic rings. The first-order chi connectivity index (χ1) is 33.2. The van der Waals surface area contributed by atoms with E-state index in [-0.39, 0.29) is 5.92 Å². The Bertz CT molecular complexity index is 6950. The Morgan fingerprint density at radius 1 is 0.254 bits per heavy atom. The molecule has 0 aromatic heterocycles. The van der Waals surface area contributed by atoms with E-state index >= 15 is 0 Å². The predicted molar refractivity (Wildman–Crippen MR) is 283 cm³/mol. The van der Waals surface area contributed by atoms with E-state index in [0.717, 1.165) is 0 Å². The molecule has 0 saturated carbocycles. The largest absolute Gasteiger partial charge is 0.389 e. The van der Waals surface area contributed by atoms with Gasteiger partial charge in [-0.1, -0.05) is 18.6 Å². The monoisotopic (exact) mass is 818 g/mol. The molecule has 1 N–H and O–H groups in total. The average molecular weight is 819 g/mol. The summed E-state index contributed by atoms with van der Waals surface area (Å²) in [6.45, 7) is 5.04. The first-order valence-corrected chi connectivity index (χ1v) is 25.3. The highest BCUT2D eigenvalue weighted by molar-refractivity contribution is 6.82.